The van der Waals surface area contributed by atoms with E-state index < -0.39 is 17.9 Å². The molecule has 1 aliphatic carbocycles. The summed E-state index contributed by atoms with van der Waals surface area (Å²) in [5, 5.41) is 12.2. The molecule has 1 aromatic heterocycles. The normalized spacial score (nSPS) is 21.0. The van der Waals surface area contributed by atoms with Gasteiger partial charge in [0, 0.05) is 67.9 Å². The van der Waals surface area contributed by atoms with E-state index in [1.165, 1.54) is 22.0 Å². The van der Waals surface area contributed by atoms with Gasteiger partial charge < -0.3 is 24.2 Å². The van der Waals surface area contributed by atoms with Crippen LogP contribution in [0.15, 0.2) is 36.4 Å². The zero-order valence-corrected chi connectivity index (χ0v) is 28.5. The van der Waals surface area contributed by atoms with Crippen molar-refractivity contribution >= 4 is 28.4 Å². The topological polar surface area (TPSA) is 98.1 Å². The molecule has 2 saturated heterocycles. The van der Waals surface area contributed by atoms with E-state index in [4.69, 9.17) is 19.4 Å². The van der Waals surface area contributed by atoms with Crippen LogP contribution in [0.5, 0.6) is 6.01 Å². The van der Waals surface area contributed by atoms with Crippen molar-refractivity contribution in [2.24, 2.45) is 5.41 Å². The van der Waals surface area contributed by atoms with E-state index in [1.807, 2.05) is 20.8 Å². The van der Waals surface area contributed by atoms with Crippen molar-refractivity contribution in [2.45, 2.75) is 77.7 Å². The summed E-state index contributed by atoms with van der Waals surface area (Å²) in [7, 11) is 0. The van der Waals surface area contributed by atoms with E-state index in [9.17, 15) is 14.4 Å². The molecule has 1 saturated carbocycles. The number of fused-ring (bicyclic) bond motifs is 2. The number of likely N-dealkylation sites (tertiary alicyclic amines) is 1. The maximum absolute atomic E-state index is 13.5. The Morgan fingerprint density at radius 3 is 2.54 bits per heavy atom. The first-order valence-electron chi connectivity index (χ1n) is 17.2. The van der Waals surface area contributed by atoms with Gasteiger partial charge in [0.15, 0.2) is 0 Å². The zero-order valence-electron chi connectivity index (χ0n) is 28.5. The van der Waals surface area contributed by atoms with Gasteiger partial charge >= 0.3 is 12.1 Å². The molecule has 3 aromatic rings. The van der Waals surface area contributed by atoms with E-state index in [0.717, 1.165) is 49.4 Å². The lowest BCUT2D eigenvalue weighted by atomic mass is 9.99. The Labute approximate surface area is 282 Å². The molecule has 48 heavy (non-hydrogen) atoms. The Hall–Kier alpha value is -4.17. The molecule has 11 heteroatoms. The number of carbonyl (C=O) groups excluding carboxylic acids is 1. The van der Waals surface area contributed by atoms with Gasteiger partial charge in [0.25, 0.3) is 0 Å². The Bertz CT molecular complexity index is 1720. The second-order valence-corrected chi connectivity index (χ2v) is 15.1. The second-order valence-electron chi connectivity index (χ2n) is 15.1. The predicted octanol–water partition coefficient (Wildman–Crippen LogP) is 5.65. The number of carbonyl (C=O) groups is 1. The molecule has 254 valence electrons. The van der Waals surface area contributed by atoms with Gasteiger partial charge in [0.05, 0.1) is 37.4 Å². The first-order valence-corrected chi connectivity index (χ1v) is 17.2. The van der Waals surface area contributed by atoms with Crippen LogP contribution in [0, 0.1) is 23.7 Å². The number of aryl methyl sites for hydroxylation is 1. The minimum Gasteiger partial charge on any atom is -0.463 e. The number of benzene rings is 2. The standard InChI is InChI=1S/C37H46FN7O3/c1-25-7-5-8-26-9-6-10-31(32(25)26)43-16-12-29-30(22-43)40-34(47-24-37(13-14-37)23-42-19-27(38)20-42)41-33(29)44-17-18-45(28(21-44)11-15-39)35(46)48-36(2,3)4/h5-10,27-28H,11-14,16-24H2,1-4H3. The van der Waals surface area contributed by atoms with E-state index in [2.05, 4.69) is 64.1 Å². The van der Waals surface area contributed by atoms with Crippen LogP contribution in [0.4, 0.5) is 20.7 Å². The molecule has 1 amide bonds. The molecular formula is C37H46FN7O3. The summed E-state index contributed by atoms with van der Waals surface area (Å²) in [5.74, 6) is 0.823. The number of amides is 1. The number of anilines is 2. The summed E-state index contributed by atoms with van der Waals surface area (Å²) < 4.78 is 25.6. The lowest BCUT2D eigenvalue weighted by Gasteiger charge is -2.42. The Morgan fingerprint density at radius 2 is 1.83 bits per heavy atom. The average molecular weight is 656 g/mol. The zero-order chi connectivity index (χ0) is 33.6. The third-order valence-electron chi connectivity index (χ3n) is 10.1. The number of halogens is 1. The van der Waals surface area contributed by atoms with Crippen molar-refractivity contribution in [1.29, 1.82) is 5.26 Å². The first-order chi connectivity index (χ1) is 23.0. The molecule has 4 aliphatic rings. The van der Waals surface area contributed by atoms with Crippen LogP contribution in [-0.2, 0) is 17.7 Å². The molecule has 0 N–H and O–H groups in total. The largest absolute Gasteiger partial charge is 0.463 e. The molecule has 7 rings (SSSR count). The SMILES string of the molecule is Cc1cccc2cccc(N3CCc4c(nc(OCC5(CN6CC(F)C6)CC5)nc4N4CCN(C(=O)OC(C)(C)C)C(CC#N)C4)C3)c12. The summed E-state index contributed by atoms with van der Waals surface area (Å²) in [4.78, 5) is 31.6. The molecule has 0 bridgehead atoms. The van der Waals surface area contributed by atoms with Crippen LogP contribution in [0.2, 0.25) is 0 Å². The van der Waals surface area contributed by atoms with E-state index in [0.29, 0.717) is 51.9 Å². The fourth-order valence-corrected chi connectivity index (χ4v) is 7.43. The molecule has 3 aliphatic heterocycles. The van der Waals surface area contributed by atoms with Crippen LogP contribution >= 0.6 is 0 Å². The smallest absolute Gasteiger partial charge is 0.410 e. The van der Waals surface area contributed by atoms with Gasteiger partial charge in [-0.1, -0.05) is 30.3 Å². The summed E-state index contributed by atoms with van der Waals surface area (Å²) in [5.41, 5.74) is 3.85. The number of nitrogens with zero attached hydrogens (tertiary/aromatic N) is 7. The molecule has 1 unspecified atom stereocenters. The second kappa shape index (κ2) is 12.7. The monoisotopic (exact) mass is 655 g/mol. The Kier molecular flexibility index (Phi) is 8.56. The Morgan fingerprint density at radius 1 is 1.06 bits per heavy atom. The summed E-state index contributed by atoms with van der Waals surface area (Å²) in [6, 6.07) is 15.2. The third-order valence-corrected chi connectivity index (χ3v) is 10.1. The number of nitriles is 1. The summed E-state index contributed by atoms with van der Waals surface area (Å²) in [6.45, 7) is 12.9. The van der Waals surface area contributed by atoms with Crippen LogP contribution in [0.25, 0.3) is 10.8 Å². The summed E-state index contributed by atoms with van der Waals surface area (Å²) >= 11 is 0. The van der Waals surface area contributed by atoms with Crippen LogP contribution in [-0.4, -0.2) is 96.1 Å². The fraction of sp³-hybridized carbons (Fsp3) is 0.568. The van der Waals surface area contributed by atoms with E-state index in [1.54, 1.807) is 4.90 Å². The highest BCUT2D eigenvalue weighted by molar-refractivity contribution is 5.97. The van der Waals surface area contributed by atoms with Crippen molar-refractivity contribution in [1.82, 2.24) is 19.8 Å². The molecule has 1 atom stereocenters. The van der Waals surface area contributed by atoms with Gasteiger partial charge in [0.1, 0.15) is 17.6 Å². The fourth-order valence-electron chi connectivity index (χ4n) is 7.43. The third kappa shape index (κ3) is 6.73. The first kappa shape index (κ1) is 32.4. The lowest BCUT2D eigenvalue weighted by molar-refractivity contribution is 0.0144. The maximum atomic E-state index is 13.5. The number of ether oxygens (including phenoxy) is 2. The minimum atomic E-state index is -0.720. The quantitative estimate of drug-likeness (QED) is 0.305. The van der Waals surface area contributed by atoms with Crippen molar-refractivity contribution in [3.05, 3.63) is 53.2 Å². The van der Waals surface area contributed by atoms with Crippen LogP contribution in [0.1, 0.15) is 56.9 Å². The number of hydrogen-bond donors (Lipinski definition) is 0. The van der Waals surface area contributed by atoms with Gasteiger partial charge in [-0.15, -0.1) is 0 Å². The number of aromatic nitrogens is 2. The van der Waals surface area contributed by atoms with Gasteiger partial charge in [-0.2, -0.15) is 15.2 Å². The number of alkyl halides is 1. The van der Waals surface area contributed by atoms with Gasteiger partial charge in [-0.3, -0.25) is 4.90 Å². The maximum Gasteiger partial charge on any atom is 0.410 e. The Balaban J connectivity index is 1.18. The highest BCUT2D eigenvalue weighted by Gasteiger charge is 2.47. The van der Waals surface area contributed by atoms with E-state index in [-0.39, 0.29) is 17.9 Å². The van der Waals surface area contributed by atoms with Gasteiger partial charge in [0.2, 0.25) is 0 Å². The van der Waals surface area contributed by atoms with Crippen LogP contribution in [0.3, 0.4) is 0 Å². The highest BCUT2D eigenvalue weighted by Crippen LogP contribution is 2.47. The molecular weight excluding hydrogens is 609 g/mol. The van der Waals surface area contributed by atoms with Crippen LogP contribution < -0.4 is 14.5 Å². The molecule has 10 nitrogen and oxygen atoms in total. The van der Waals surface area contributed by atoms with Crippen molar-refractivity contribution < 1.29 is 18.7 Å². The van der Waals surface area contributed by atoms with E-state index >= 15 is 0 Å². The van der Waals surface area contributed by atoms with Crippen molar-refractivity contribution in [2.75, 3.05) is 62.2 Å². The van der Waals surface area contributed by atoms with Gasteiger partial charge in [-0.05, 0) is 64.0 Å². The summed E-state index contributed by atoms with van der Waals surface area (Å²) in [6.07, 6.45) is 1.94. The molecule has 3 fully saturated rings. The van der Waals surface area contributed by atoms with Gasteiger partial charge in [-0.25, -0.2) is 9.18 Å². The predicted molar refractivity (Wildman–Crippen MR) is 183 cm³/mol. The number of rotatable bonds is 8. The molecule has 2 aromatic carbocycles. The highest BCUT2D eigenvalue weighted by atomic mass is 19.1. The molecule has 4 heterocycles. The minimum absolute atomic E-state index is 0.0169. The van der Waals surface area contributed by atoms with Crippen molar-refractivity contribution in [3.63, 3.8) is 0 Å². The molecule has 0 spiro atoms. The average Bonchev–Trinajstić information content (AvgIpc) is 3.81. The van der Waals surface area contributed by atoms with Crippen molar-refractivity contribution in [3.8, 4) is 12.1 Å². The lowest BCUT2D eigenvalue weighted by Crippen LogP contribution is -2.56. The number of piperazine rings is 1. The molecule has 0 radical (unpaired) electrons. The number of hydrogen-bond acceptors (Lipinski definition) is 9.